The minimum Gasteiger partial charge on any atom is -0.383 e. The van der Waals surface area contributed by atoms with Gasteiger partial charge in [0.15, 0.2) is 11.3 Å². The molecule has 0 unspecified atom stereocenters. The average molecular weight is 408 g/mol. The Morgan fingerprint density at radius 2 is 1.84 bits per heavy atom. The molecule has 2 N–H and O–H groups in total. The summed E-state index contributed by atoms with van der Waals surface area (Å²) in [6.07, 6.45) is 2.99. The molecular weight excluding hydrogens is 391 g/mol. The Balaban J connectivity index is 1.82. The lowest BCUT2D eigenvalue weighted by atomic mass is 10.0. The second-order valence-corrected chi connectivity index (χ2v) is 7.28. The van der Waals surface area contributed by atoms with Crippen LogP contribution in [0.15, 0.2) is 47.7 Å². The molecule has 5 rings (SSSR count). The lowest BCUT2D eigenvalue weighted by molar-refractivity contribution is 0.652. The van der Waals surface area contributed by atoms with Gasteiger partial charge in [-0.2, -0.15) is 5.10 Å². The lowest BCUT2D eigenvalue weighted by Gasteiger charge is -2.16. The summed E-state index contributed by atoms with van der Waals surface area (Å²) in [5.74, 6) is 0.695. The molecule has 0 atom stereocenters. The summed E-state index contributed by atoms with van der Waals surface area (Å²) in [5, 5.41) is 5.32. The van der Waals surface area contributed by atoms with Crippen LogP contribution in [0.25, 0.3) is 27.8 Å². The highest BCUT2D eigenvalue weighted by atomic mass is 16.1. The molecule has 0 fully saturated rings. The van der Waals surface area contributed by atoms with Gasteiger partial charge in [0.05, 0.1) is 16.5 Å². The normalized spacial score (nSPS) is 11.4. The number of hydrogen-bond acceptors (Lipinski definition) is 7. The molecule has 0 spiro atoms. The van der Waals surface area contributed by atoms with E-state index in [-0.39, 0.29) is 23.5 Å². The number of pyridine rings is 1. The highest BCUT2D eigenvalue weighted by molar-refractivity contribution is 6.38. The molecule has 9 nitrogen and oxygen atoms in total. The summed E-state index contributed by atoms with van der Waals surface area (Å²) >= 11 is 0. The first-order chi connectivity index (χ1) is 15.0. The van der Waals surface area contributed by atoms with Crippen molar-refractivity contribution >= 4 is 41.3 Å². The van der Waals surface area contributed by atoms with E-state index in [1.807, 2.05) is 38.1 Å². The molecule has 31 heavy (non-hydrogen) atoms. The Morgan fingerprint density at radius 1 is 1.03 bits per heavy atom. The minimum atomic E-state index is -0.196. The predicted molar refractivity (Wildman–Crippen MR) is 119 cm³/mol. The number of aryl methyl sites for hydroxylation is 2. The number of hydrogen-bond donors (Lipinski definition) is 1. The molecule has 4 aromatic heterocycles. The van der Waals surface area contributed by atoms with Crippen LogP contribution >= 0.6 is 0 Å². The van der Waals surface area contributed by atoms with E-state index in [2.05, 4.69) is 20.1 Å². The van der Waals surface area contributed by atoms with Crippen molar-refractivity contribution in [2.24, 2.45) is 0 Å². The molecule has 0 amide bonds. The van der Waals surface area contributed by atoms with E-state index in [0.29, 0.717) is 27.9 Å². The molecule has 0 bridgehead atoms. The summed E-state index contributed by atoms with van der Waals surface area (Å²) in [6.45, 7) is 3.96. The van der Waals surface area contributed by atoms with Crippen LogP contribution in [-0.2, 0) is 6.54 Å². The van der Waals surface area contributed by atoms with E-state index in [4.69, 9.17) is 18.6 Å². The zero-order valence-corrected chi connectivity index (χ0v) is 16.9. The Hall–Kier alpha value is -4.08. The van der Waals surface area contributed by atoms with Gasteiger partial charge in [-0.05, 0) is 37.1 Å². The standard InChI is InChI=1S/C21H17BN8O/c1-11-5-3-4-6-13(11)30-14(27-19-15(21(30)31)12(2)7-8-24-19)9-29-20-16(17(22)28-29)18(23)25-10-26-20/h3-8,10H,9H2,1-2H3,(H2,23,25,26). The van der Waals surface area contributed by atoms with Crippen LogP contribution in [0.2, 0.25) is 0 Å². The molecule has 4 heterocycles. The van der Waals surface area contributed by atoms with Crippen molar-refractivity contribution in [1.82, 2.24) is 34.3 Å². The molecule has 0 aliphatic rings. The van der Waals surface area contributed by atoms with E-state index in [1.165, 1.54) is 6.33 Å². The van der Waals surface area contributed by atoms with Crippen molar-refractivity contribution in [2.45, 2.75) is 20.4 Å². The summed E-state index contributed by atoms with van der Waals surface area (Å²) in [7, 11) is 6.05. The van der Waals surface area contributed by atoms with Crippen molar-refractivity contribution in [1.29, 1.82) is 0 Å². The van der Waals surface area contributed by atoms with Gasteiger partial charge in [-0.3, -0.25) is 9.36 Å². The molecule has 0 saturated heterocycles. The number of rotatable bonds is 3. The van der Waals surface area contributed by atoms with E-state index in [9.17, 15) is 4.79 Å². The van der Waals surface area contributed by atoms with E-state index >= 15 is 0 Å². The molecule has 0 aliphatic carbocycles. The van der Waals surface area contributed by atoms with Gasteiger partial charge in [0.2, 0.25) is 0 Å². The molecule has 10 heteroatoms. The third kappa shape index (κ3) is 2.95. The van der Waals surface area contributed by atoms with Crippen molar-refractivity contribution in [3.63, 3.8) is 0 Å². The fourth-order valence-corrected chi connectivity index (χ4v) is 3.77. The zero-order valence-electron chi connectivity index (χ0n) is 16.9. The van der Waals surface area contributed by atoms with Crippen molar-refractivity contribution < 1.29 is 0 Å². The third-order valence-electron chi connectivity index (χ3n) is 5.28. The van der Waals surface area contributed by atoms with Crippen LogP contribution in [0.3, 0.4) is 0 Å². The van der Waals surface area contributed by atoms with Gasteiger partial charge >= 0.3 is 0 Å². The Labute approximate surface area is 178 Å². The van der Waals surface area contributed by atoms with E-state index < -0.39 is 0 Å². The summed E-state index contributed by atoms with van der Waals surface area (Å²) in [6, 6.07) is 9.44. The van der Waals surface area contributed by atoms with Gasteiger partial charge in [-0.1, -0.05) is 18.2 Å². The second kappa shape index (κ2) is 7.01. The average Bonchev–Trinajstić information content (AvgIpc) is 3.05. The predicted octanol–water partition coefficient (Wildman–Crippen LogP) is 0.962. The molecule has 1 aromatic carbocycles. The maximum atomic E-state index is 13.6. The van der Waals surface area contributed by atoms with Crippen molar-refractivity contribution in [3.8, 4) is 5.69 Å². The Kier molecular flexibility index (Phi) is 4.28. The highest BCUT2D eigenvalue weighted by Crippen LogP contribution is 2.19. The van der Waals surface area contributed by atoms with Crippen LogP contribution in [0.5, 0.6) is 0 Å². The number of nitrogens with zero attached hydrogens (tertiary/aromatic N) is 7. The molecule has 0 saturated carbocycles. The monoisotopic (exact) mass is 408 g/mol. The van der Waals surface area contributed by atoms with Gasteiger partial charge in [-0.15, -0.1) is 0 Å². The van der Waals surface area contributed by atoms with E-state index in [0.717, 1.165) is 16.8 Å². The van der Waals surface area contributed by atoms with Gasteiger partial charge in [0.1, 0.15) is 32.4 Å². The third-order valence-corrected chi connectivity index (χ3v) is 5.28. The number of nitrogen functional groups attached to an aromatic ring is 1. The van der Waals surface area contributed by atoms with Crippen LogP contribution < -0.4 is 16.9 Å². The van der Waals surface area contributed by atoms with Crippen LogP contribution in [0.4, 0.5) is 5.82 Å². The second-order valence-electron chi connectivity index (χ2n) is 7.28. The van der Waals surface area contributed by atoms with Crippen LogP contribution in [-0.4, -0.2) is 42.1 Å². The van der Waals surface area contributed by atoms with Gasteiger partial charge in [0, 0.05) is 11.8 Å². The molecule has 0 aliphatic heterocycles. The first-order valence-electron chi connectivity index (χ1n) is 9.61. The van der Waals surface area contributed by atoms with Crippen LogP contribution in [0, 0.1) is 13.8 Å². The number of nitrogens with two attached hydrogens (primary N) is 1. The minimum absolute atomic E-state index is 0.138. The smallest absolute Gasteiger partial charge is 0.267 e. The van der Waals surface area contributed by atoms with Gasteiger partial charge in [-0.25, -0.2) is 24.6 Å². The fourth-order valence-electron chi connectivity index (χ4n) is 3.77. The summed E-state index contributed by atoms with van der Waals surface area (Å²) in [5.41, 5.74) is 9.30. The van der Waals surface area contributed by atoms with Crippen molar-refractivity contribution in [3.05, 3.63) is 70.2 Å². The molecular formula is C21H17BN8O. The summed E-state index contributed by atoms with van der Waals surface area (Å²) in [4.78, 5) is 30.9. The lowest BCUT2D eigenvalue weighted by Crippen LogP contribution is -2.27. The molecule has 150 valence electrons. The van der Waals surface area contributed by atoms with E-state index in [1.54, 1.807) is 21.5 Å². The van der Waals surface area contributed by atoms with Crippen molar-refractivity contribution in [2.75, 3.05) is 5.73 Å². The molecule has 2 radical (unpaired) electrons. The largest absolute Gasteiger partial charge is 0.383 e. The first-order valence-corrected chi connectivity index (χ1v) is 9.61. The number of fused-ring (bicyclic) bond motifs is 2. The number of benzene rings is 1. The Bertz CT molecular complexity index is 1540. The number of anilines is 1. The first kappa shape index (κ1) is 18.9. The number of para-hydroxylation sites is 1. The number of aromatic nitrogens is 7. The van der Waals surface area contributed by atoms with Gasteiger partial charge in [0.25, 0.3) is 5.56 Å². The SMILES string of the molecule is [B]c1nn(Cc2nc3nccc(C)c3c(=O)n2-c2ccccc2C)c2ncnc(N)c12. The van der Waals surface area contributed by atoms with Gasteiger partial charge < -0.3 is 5.73 Å². The summed E-state index contributed by atoms with van der Waals surface area (Å²) < 4.78 is 3.17. The maximum Gasteiger partial charge on any atom is 0.267 e. The quantitative estimate of drug-likeness (QED) is 0.442. The Morgan fingerprint density at radius 3 is 2.65 bits per heavy atom. The zero-order chi connectivity index (χ0) is 21.7. The molecule has 5 aromatic rings. The highest BCUT2D eigenvalue weighted by Gasteiger charge is 2.19. The van der Waals surface area contributed by atoms with Crippen LogP contribution in [0.1, 0.15) is 17.0 Å². The fraction of sp³-hybridized carbons (Fsp3) is 0.143. The topological polar surface area (TPSA) is 117 Å². The maximum absolute atomic E-state index is 13.6.